The molecule has 0 saturated heterocycles. The summed E-state index contributed by atoms with van der Waals surface area (Å²) in [6.07, 6.45) is 1.79. The highest BCUT2D eigenvalue weighted by Crippen LogP contribution is 2.26. The van der Waals surface area contributed by atoms with E-state index in [-0.39, 0.29) is 29.0 Å². The molecule has 124 valence electrons. The molecule has 0 radical (unpaired) electrons. The predicted molar refractivity (Wildman–Crippen MR) is 88.5 cm³/mol. The fourth-order valence-corrected chi connectivity index (χ4v) is 3.16. The third-order valence-corrected chi connectivity index (χ3v) is 4.91. The molecule has 0 fully saturated rings. The number of nitrogens with zero attached hydrogens (tertiary/aromatic N) is 2. The van der Waals surface area contributed by atoms with Gasteiger partial charge >= 0.3 is 0 Å². The van der Waals surface area contributed by atoms with Gasteiger partial charge in [0.15, 0.2) is 11.0 Å². The van der Waals surface area contributed by atoms with E-state index in [1.54, 1.807) is 6.07 Å². The Morgan fingerprint density at radius 1 is 1.39 bits per heavy atom. The third-order valence-electron chi connectivity index (χ3n) is 3.18. The minimum Gasteiger partial charge on any atom is -0.396 e. The van der Waals surface area contributed by atoms with Gasteiger partial charge in [0.2, 0.25) is 10.0 Å². The maximum atomic E-state index is 12.2. The number of hydrogen-bond donors (Lipinski definition) is 3. The average Bonchev–Trinajstić information content (AvgIpc) is 2.50. The first kappa shape index (κ1) is 17.6. The molecule has 0 amide bonds. The van der Waals surface area contributed by atoms with Crippen LogP contribution in [0.3, 0.4) is 0 Å². The molecule has 0 aliphatic rings. The van der Waals surface area contributed by atoms with E-state index in [1.807, 2.05) is 6.92 Å². The van der Waals surface area contributed by atoms with Crippen molar-refractivity contribution < 1.29 is 13.5 Å². The molecule has 0 spiro atoms. The van der Waals surface area contributed by atoms with Crippen LogP contribution in [0, 0.1) is 6.92 Å². The van der Waals surface area contributed by atoms with E-state index in [2.05, 4.69) is 14.7 Å². The molecule has 2 rings (SSSR count). The Balaban J connectivity index is 2.41. The largest absolute Gasteiger partial charge is 0.396 e. The number of anilines is 1. The molecule has 7 nitrogen and oxygen atoms in total. The van der Waals surface area contributed by atoms with E-state index < -0.39 is 10.0 Å². The zero-order chi connectivity index (χ0) is 17.0. The summed E-state index contributed by atoms with van der Waals surface area (Å²) >= 11 is 5.88. The molecule has 1 aromatic heterocycles. The number of sulfonamides is 1. The van der Waals surface area contributed by atoms with E-state index >= 15 is 0 Å². The minimum atomic E-state index is -3.67. The Labute approximate surface area is 139 Å². The van der Waals surface area contributed by atoms with Gasteiger partial charge in [-0.1, -0.05) is 17.7 Å². The Bertz CT molecular complexity index is 812. The quantitative estimate of drug-likeness (QED) is 0.672. The number of halogens is 1. The average molecular weight is 357 g/mol. The lowest BCUT2D eigenvalue weighted by molar-refractivity contribution is 0.289. The fourth-order valence-electron chi connectivity index (χ4n) is 1.92. The minimum absolute atomic E-state index is 0.0660. The third kappa shape index (κ3) is 4.17. The van der Waals surface area contributed by atoms with Crippen molar-refractivity contribution in [3.05, 3.63) is 35.1 Å². The number of benzene rings is 1. The smallest absolute Gasteiger partial charge is 0.240 e. The van der Waals surface area contributed by atoms with Gasteiger partial charge in [0.05, 0.1) is 16.8 Å². The first-order valence-electron chi connectivity index (χ1n) is 6.84. The van der Waals surface area contributed by atoms with Crippen molar-refractivity contribution in [2.75, 3.05) is 18.9 Å². The lowest BCUT2D eigenvalue weighted by Crippen LogP contribution is -2.25. The predicted octanol–water partition coefficient (Wildman–Crippen LogP) is 1.35. The number of aryl methyl sites for hydroxylation is 1. The Morgan fingerprint density at radius 2 is 2.13 bits per heavy atom. The van der Waals surface area contributed by atoms with Crippen molar-refractivity contribution in [1.82, 2.24) is 14.7 Å². The molecule has 0 atom stereocenters. The SMILES string of the molecule is Cc1ccc(S(=O)(=O)NCCCO)cc1-c1cnc(N)c(Cl)n1. The molecule has 0 aliphatic carbocycles. The van der Waals surface area contributed by atoms with E-state index in [9.17, 15) is 8.42 Å². The van der Waals surface area contributed by atoms with Gasteiger partial charge in [0, 0.05) is 18.7 Å². The number of nitrogens with one attached hydrogen (secondary N) is 1. The highest BCUT2D eigenvalue weighted by atomic mass is 35.5. The van der Waals surface area contributed by atoms with Crippen LogP contribution >= 0.6 is 11.6 Å². The standard InChI is InChI=1S/C14H17ClN4O3S/c1-9-3-4-10(23(21,22)18-5-2-6-20)7-11(9)12-8-17-14(16)13(15)19-12/h3-4,7-8,18,20H,2,5-6H2,1H3,(H2,16,17). The highest BCUT2D eigenvalue weighted by molar-refractivity contribution is 7.89. The summed E-state index contributed by atoms with van der Waals surface area (Å²) in [5.41, 5.74) is 7.41. The maximum Gasteiger partial charge on any atom is 0.240 e. The van der Waals surface area contributed by atoms with Crippen molar-refractivity contribution in [3.63, 3.8) is 0 Å². The van der Waals surface area contributed by atoms with Crippen LogP contribution in [0.5, 0.6) is 0 Å². The van der Waals surface area contributed by atoms with E-state index in [0.717, 1.165) is 5.56 Å². The fraction of sp³-hybridized carbons (Fsp3) is 0.286. The van der Waals surface area contributed by atoms with Crippen LogP contribution in [0.25, 0.3) is 11.3 Å². The van der Waals surface area contributed by atoms with Crippen LogP contribution in [0.15, 0.2) is 29.3 Å². The van der Waals surface area contributed by atoms with Gasteiger partial charge in [-0.2, -0.15) is 0 Å². The maximum absolute atomic E-state index is 12.2. The zero-order valence-corrected chi connectivity index (χ0v) is 14.0. The number of aliphatic hydroxyl groups is 1. The molecular formula is C14H17ClN4O3S. The van der Waals surface area contributed by atoms with Gasteiger partial charge in [0.1, 0.15) is 0 Å². The molecule has 0 aliphatic heterocycles. The second kappa shape index (κ2) is 7.22. The Morgan fingerprint density at radius 3 is 2.78 bits per heavy atom. The molecular weight excluding hydrogens is 340 g/mol. The monoisotopic (exact) mass is 356 g/mol. The van der Waals surface area contributed by atoms with Gasteiger partial charge in [-0.15, -0.1) is 0 Å². The second-order valence-corrected chi connectivity index (χ2v) is 7.01. The van der Waals surface area contributed by atoms with Gasteiger partial charge in [-0.05, 0) is 31.0 Å². The molecule has 1 heterocycles. The molecule has 0 saturated carbocycles. The summed E-state index contributed by atoms with van der Waals surface area (Å²) in [7, 11) is -3.67. The van der Waals surface area contributed by atoms with Gasteiger partial charge in [-0.3, -0.25) is 0 Å². The Kier molecular flexibility index (Phi) is 5.53. The second-order valence-electron chi connectivity index (χ2n) is 4.88. The summed E-state index contributed by atoms with van der Waals surface area (Å²) < 4.78 is 26.9. The molecule has 23 heavy (non-hydrogen) atoms. The highest BCUT2D eigenvalue weighted by Gasteiger charge is 2.16. The van der Waals surface area contributed by atoms with Gasteiger partial charge in [0.25, 0.3) is 0 Å². The van der Waals surface area contributed by atoms with E-state index in [0.29, 0.717) is 17.7 Å². The normalized spacial score (nSPS) is 11.6. The summed E-state index contributed by atoms with van der Waals surface area (Å²) in [4.78, 5) is 8.17. The van der Waals surface area contributed by atoms with Crippen LogP contribution in [0.1, 0.15) is 12.0 Å². The number of rotatable bonds is 6. The Hall–Kier alpha value is -1.74. The first-order chi connectivity index (χ1) is 10.8. The number of hydrogen-bond acceptors (Lipinski definition) is 6. The van der Waals surface area contributed by atoms with Crippen LogP contribution in [0.2, 0.25) is 5.15 Å². The molecule has 0 unspecified atom stereocenters. The lowest BCUT2D eigenvalue weighted by Gasteiger charge is -2.10. The van der Waals surface area contributed by atoms with E-state index in [4.69, 9.17) is 22.4 Å². The molecule has 1 aromatic carbocycles. The molecule has 2 aromatic rings. The summed E-state index contributed by atoms with van der Waals surface area (Å²) in [5, 5.41) is 8.80. The molecule has 9 heteroatoms. The summed E-state index contributed by atoms with van der Waals surface area (Å²) in [5.74, 6) is 0.113. The summed E-state index contributed by atoms with van der Waals surface area (Å²) in [6, 6.07) is 4.70. The first-order valence-corrected chi connectivity index (χ1v) is 8.71. The number of nitrogen functional groups attached to an aromatic ring is 1. The van der Waals surface area contributed by atoms with Gasteiger partial charge in [-0.25, -0.2) is 23.1 Å². The van der Waals surface area contributed by atoms with Crippen molar-refractivity contribution >= 4 is 27.4 Å². The van der Waals surface area contributed by atoms with Crippen LogP contribution in [0.4, 0.5) is 5.82 Å². The molecule has 4 N–H and O–H groups in total. The van der Waals surface area contributed by atoms with Crippen molar-refractivity contribution in [3.8, 4) is 11.3 Å². The van der Waals surface area contributed by atoms with Gasteiger partial charge < -0.3 is 10.8 Å². The number of aromatic nitrogens is 2. The van der Waals surface area contributed by atoms with Crippen LogP contribution in [-0.2, 0) is 10.0 Å². The van der Waals surface area contributed by atoms with Crippen molar-refractivity contribution in [2.45, 2.75) is 18.2 Å². The van der Waals surface area contributed by atoms with Crippen molar-refractivity contribution in [2.24, 2.45) is 0 Å². The lowest BCUT2D eigenvalue weighted by atomic mass is 10.1. The van der Waals surface area contributed by atoms with Crippen molar-refractivity contribution in [1.29, 1.82) is 0 Å². The zero-order valence-electron chi connectivity index (χ0n) is 12.5. The van der Waals surface area contributed by atoms with E-state index in [1.165, 1.54) is 18.3 Å². The van der Waals surface area contributed by atoms with Crippen LogP contribution in [-0.4, -0.2) is 36.6 Å². The van der Waals surface area contributed by atoms with Crippen LogP contribution < -0.4 is 10.5 Å². The number of aliphatic hydroxyl groups excluding tert-OH is 1. The topological polar surface area (TPSA) is 118 Å². The molecule has 0 bridgehead atoms. The number of nitrogens with two attached hydrogens (primary N) is 1. The summed E-state index contributed by atoms with van der Waals surface area (Å²) in [6.45, 7) is 1.91.